The fourth-order valence-electron chi connectivity index (χ4n) is 4.46. The molecule has 0 saturated carbocycles. The highest BCUT2D eigenvalue weighted by atomic mass is 79.9. The number of amides is 1. The largest absolute Gasteiger partial charge is 0.410 e. The van der Waals surface area contributed by atoms with Crippen LogP contribution in [0.15, 0.2) is 53.0 Å². The van der Waals surface area contributed by atoms with Crippen LogP contribution in [0.5, 0.6) is 0 Å². The smallest absolute Gasteiger partial charge is 0.362 e. The lowest BCUT2D eigenvalue weighted by molar-refractivity contribution is -0.173. The third-order valence-corrected chi connectivity index (χ3v) is 7.08. The van der Waals surface area contributed by atoms with Crippen molar-refractivity contribution in [3.8, 4) is 0 Å². The summed E-state index contributed by atoms with van der Waals surface area (Å²) in [4.78, 5) is 14.8. The molecule has 3 heterocycles. The number of carbonyl (C=O) groups excluding carboxylic acids is 1. The van der Waals surface area contributed by atoms with E-state index in [0.717, 1.165) is 20.3 Å². The predicted octanol–water partition coefficient (Wildman–Crippen LogP) is 6.16. The van der Waals surface area contributed by atoms with Gasteiger partial charge in [-0.15, -0.1) is 0 Å². The lowest BCUT2D eigenvalue weighted by Gasteiger charge is -2.33. The Bertz CT molecular complexity index is 1210. The number of fused-ring (bicyclic) bond motifs is 2. The Morgan fingerprint density at radius 2 is 1.82 bits per heavy atom. The summed E-state index contributed by atoms with van der Waals surface area (Å²) >= 11 is 9.82. The predicted molar refractivity (Wildman–Crippen MR) is 122 cm³/mol. The van der Waals surface area contributed by atoms with Crippen LogP contribution in [0.1, 0.15) is 45.7 Å². The van der Waals surface area contributed by atoms with Crippen molar-refractivity contribution >= 4 is 39.3 Å². The van der Waals surface area contributed by atoms with E-state index in [1.54, 1.807) is 29.2 Å². The zero-order valence-corrected chi connectivity index (χ0v) is 19.6. The molecule has 2 aliphatic rings. The Morgan fingerprint density at radius 3 is 2.52 bits per heavy atom. The minimum Gasteiger partial charge on any atom is -0.362 e. The quantitative estimate of drug-likeness (QED) is 0.425. The van der Waals surface area contributed by atoms with Crippen molar-refractivity contribution < 1.29 is 18.0 Å². The van der Waals surface area contributed by atoms with Crippen LogP contribution in [0.2, 0.25) is 5.02 Å². The highest BCUT2D eigenvalue weighted by Gasteiger charge is 2.48. The molecule has 2 aliphatic heterocycles. The van der Waals surface area contributed by atoms with Gasteiger partial charge in [0.15, 0.2) is 11.7 Å². The number of hydrogen-bond acceptors (Lipinski definition) is 3. The first kappa shape index (κ1) is 22.3. The molecule has 1 N–H and O–H groups in total. The third kappa shape index (κ3) is 4.12. The molecule has 0 unspecified atom stereocenters. The second kappa shape index (κ2) is 8.36. The topological polar surface area (TPSA) is 50.2 Å². The van der Waals surface area contributed by atoms with E-state index in [2.05, 4.69) is 26.3 Å². The Labute approximate surface area is 201 Å². The van der Waals surface area contributed by atoms with Gasteiger partial charge >= 0.3 is 6.18 Å². The van der Waals surface area contributed by atoms with Crippen LogP contribution in [0, 0.1) is 0 Å². The number of carbonyl (C=O) groups is 1. The average Bonchev–Trinajstić information content (AvgIpc) is 3.14. The molecule has 1 aromatic heterocycles. The van der Waals surface area contributed by atoms with E-state index in [0.29, 0.717) is 25.1 Å². The van der Waals surface area contributed by atoms with Crippen LogP contribution in [0.4, 0.5) is 19.0 Å². The lowest BCUT2D eigenvalue weighted by atomic mass is 9.97. The molecule has 2 aromatic carbocycles. The van der Waals surface area contributed by atoms with E-state index in [1.807, 2.05) is 24.3 Å². The van der Waals surface area contributed by atoms with Crippen LogP contribution < -0.4 is 5.32 Å². The molecular formula is C23H19BrClF3N4O. The Kier molecular flexibility index (Phi) is 5.64. The van der Waals surface area contributed by atoms with Gasteiger partial charge < -0.3 is 10.2 Å². The van der Waals surface area contributed by atoms with Crippen molar-refractivity contribution in [2.45, 2.75) is 37.6 Å². The minimum atomic E-state index is -4.55. The first-order valence-electron chi connectivity index (χ1n) is 10.4. The molecule has 10 heteroatoms. The Morgan fingerprint density at radius 1 is 1.12 bits per heavy atom. The second-order valence-corrected chi connectivity index (χ2v) is 9.54. The maximum atomic E-state index is 14.0. The van der Waals surface area contributed by atoms with E-state index >= 15 is 0 Å². The van der Waals surface area contributed by atoms with Crippen molar-refractivity contribution in [3.63, 3.8) is 0 Å². The SMILES string of the molecule is O=C(c1nn2c(c1Cl)N[C@@H](c1ccc(Br)cc1)C[C@H]2C(F)(F)F)N1CCc2ccccc2C1. The number of rotatable bonds is 2. The summed E-state index contributed by atoms with van der Waals surface area (Å²) < 4.78 is 43.7. The summed E-state index contributed by atoms with van der Waals surface area (Å²) in [5.41, 5.74) is 2.70. The van der Waals surface area contributed by atoms with Crippen molar-refractivity contribution in [2.24, 2.45) is 0 Å². The molecule has 2 atom stereocenters. The van der Waals surface area contributed by atoms with E-state index < -0.39 is 24.2 Å². The van der Waals surface area contributed by atoms with Crippen molar-refractivity contribution in [3.05, 3.63) is 80.4 Å². The van der Waals surface area contributed by atoms with Crippen LogP contribution in [0.3, 0.4) is 0 Å². The molecule has 33 heavy (non-hydrogen) atoms. The number of nitrogens with zero attached hydrogens (tertiary/aromatic N) is 3. The molecule has 5 nitrogen and oxygen atoms in total. The van der Waals surface area contributed by atoms with Crippen molar-refractivity contribution in [1.29, 1.82) is 0 Å². The first-order chi connectivity index (χ1) is 15.7. The highest BCUT2D eigenvalue weighted by molar-refractivity contribution is 9.10. The molecule has 3 aromatic rings. The van der Waals surface area contributed by atoms with Gasteiger partial charge in [0, 0.05) is 24.0 Å². The zero-order valence-electron chi connectivity index (χ0n) is 17.2. The molecule has 1 amide bonds. The number of benzene rings is 2. The van der Waals surface area contributed by atoms with Crippen molar-refractivity contribution in [1.82, 2.24) is 14.7 Å². The van der Waals surface area contributed by atoms with Crippen LogP contribution in [-0.2, 0) is 13.0 Å². The highest BCUT2D eigenvalue weighted by Crippen LogP contribution is 2.46. The van der Waals surface area contributed by atoms with E-state index in [4.69, 9.17) is 11.6 Å². The monoisotopic (exact) mass is 538 g/mol. The molecular weight excluding hydrogens is 521 g/mol. The fourth-order valence-corrected chi connectivity index (χ4v) is 4.98. The van der Waals surface area contributed by atoms with E-state index in [1.165, 1.54) is 0 Å². The average molecular weight is 540 g/mol. The Hall–Kier alpha value is -2.52. The van der Waals surface area contributed by atoms with Gasteiger partial charge in [-0.1, -0.05) is 63.9 Å². The number of hydrogen-bond donors (Lipinski definition) is 1. The molecule has 5 rings (SSSR count). The van der Waals surface area contributed by atoms with Gasteiger partial charge in [0.25, 0.3) is 5.91 Å². The summed E-state index contributed by atoms with van der Waals surface area (Å²) in [6.45, 7) is 0.817. The Balaban J connectivity index is 1.49. The second-order valence-electron chi connectivity index (χ2n) is 8.24. The van der Waals surface area contributed by atoms with Gasteiger partial charge in [-0.25, -0.2) is 4.68 Å². The van der Waals surface area contributed by atoms with Crippen LogP contribution in [0.25, 0.3) is 0 Å². The molecule has 0 saturated heterocycles. The number of halogens is 5. The van der Waals surface area contributed by atoms with Crippen LogP contribution >= 0.6 is 27.5 Å². The molecule has 0 fully saturated rings. The molecule has 0 spiro atoms. The standard InChI is InChI=1S/C23H19BrClF3N4O/c24-16-7-5-14(6-8-16)17-11-18(23(26,27)28)32-21(29-17)19(25)20(30-32)22(33)31-10-9-13-3-1-2-4-15(13)12-31/h1-8,17-18,29H,9-12H2/t17-,18+/m1/s1. The van der Waals surface area contributed by atoms with E-state index in [9.17, 15) is 18.0 Å². The van der Waals surface area contributed by atoms with Gasteiger partial charge in [0.2, 0.25) is 0 Å². The zero-order chi connectivity index (χ0) is 23.3. The number of aromatic nitrogens is 2. The van der Waals surface area contributed by atoms with Gasteiger partial charge in [-0.3, -0.25) is 4.79 Å². The summed E-state index contributed by atoms with van der Waals surface area (Å²) in [6.07, 6.45) is -4.15. The normalized spacial score (nSPS) is 20.1. The summed E-state index contributed by atoms with van der Waals surface area (Å²) in [5, 5.41) is 7.07. The lowest BCUT2D eigenvalue weighted by Crippen LogP contribution is -2.37. The molecule has 172 valence electrons. The number of alkyl halides is 3. The van der Waals surface area contributed by atoms with Gasteiger partial charge in [0.05, 0.1) is 6.04 Å². The van der Waals surface area contributed by atoms with Gasteiger partial charge in [-0.2, -0.15) is 18.3 Å². The van der Waals surface area contributed by atoms with Crippen molar-refractivity contribution in [2.75, 3.05) is 11.9 Å². The van der Waals surface area contributed by atoms with Gasteiger partial charge in [-0.05, 0) is 35.2 Å². The maximum absolute atomic E-state index is 14.0. The number of anilines is 1. The molecule has 0 aliphatic carbocycles. The van der Waals surface area contributed by atoms with E-state index in [-0.39, 0.29) is 23.0 Å². The number of nitrogens with one attached hydrogen (secondary N) is 1. The fraction of sp³-hybridized carbons (Fsp3) is 0.304. The minimum absolute atomic E-state index is 0.0129. The van der Waals surface area contributed by atoms with Gasteiger partial charge in [0.1, 0.15) is 10.8 Å². The summed E-state index contributed by atoms with van der Waals surface area (Å²) in [7, 11) is 0. The first-order valence-corrected chi connectivity index (χ1v) is 11.6. The maximum Gasteiger partial charge on any atom is 0.410 e. The van der Waals surface area contributed by atoms with Crippen LogP contribution in [-0.4, -0.2) is 33.3 Å². The summed E-state index contributed by atoms with van der Waals surface area (Å²) in [5.74, 6) is -0.460. The molecule has 0 radical (unpaired) electrons. The summed E-state index contributed by atoms with van der Waals surface area (Å²) in [6, 6.07) is 12.3. The molecule has 0 bridgehead atoms. The third-order valence-electron chi connectivity index (χ3n) is 6.19.